The van der Waals surface area contributed by atoms with Gasteiger partial charge in [0.2, 0.25) is 0 Å². The molecule has 0 amide bonds. The molecule has 0 fully saturated rings. The zero-order valence-electron chi connectivity index (χ0n) is 9.52. The molecule has 2 rings (SSSR count). The monoisotopic (exact) mass is 343 g/mol. The van der Waals surface area contributed by atoms with E-state index in [9.17, 15) is 0 Å². The predicted molar refractivity (Wildman–Crippen MR) is 76.6 cm³/mol. The molecule has 0 aliphatic heterocycles. The van der Waals surface area contributed by atoms with Crippen LogP contribution in [0.25, 0.3) is 0 Å². The van der Waals surface area contributed by atoms with Gasteiger partial charge in [-0.1, -0.05) is 0 Å². The van der Waals surface area contributed by atoms with E-state index in [1.54, 1.807) is 6.33 Å². The second-order valence-corrected chi connectivity index (χ2v) is 4.79. The first-order valence-corrected chi connectivity index (χ1v) is 6.44. The van der Waals surface area contributed by atoms with Gasteiger partial charge >= 0.3 is 0 Å². The Morgan fingerprint density at radius 1 is 1.47 bits per heavy atom. The summed E-state index contributed by atoms with van der Waals surface area (Å²) in [5.74, 6) is 0.931. The third-order valence-corrected chi connectivity index (χ3v) is 3.36. The zero-order valence-corrected chi connectivity index (χ0v) is 11.7. The maximum atomic E-state index is 5.70. The Labute approximate surface area is 114 Å². The summed E-state index contributed by atoms with van der Waals surface area (Å²) >= 11 is 2.26. The first-order valence-electron chi connectivity index (χ1n) is 5.36. The van der Waals surface area contributed by atoms with E-state index in [0.717, 1.165) is 27.3 Å². The molecule has 3 N–H and O–H groups in total. The number of hydrogen-bond acceptors (Lipinski definition) is 4. The summed E-state index contributed by atoms with van der Waals surface area (Å²) in [4.78, 5) is 0. The van der Waals surface area contributed by atoms with Gasteiger partial charge in [-0.05, 0) is 47.7 Å². The van der Waals surface area contributed by atoms with E-state index in [1.807, 2.05) is 22.8 Å². The smallest absolute Gasteiger partial charge is 0.152 e. The van der Waals surface area contributed by atoms with Crippen molar-refractivity contribution in [2.24, 2.45) is 0 Å². The Kier molecular flexibility index (Phi) is 3.82. The van der Waals surface area contributed by atoms with Gasteiger partial charge in [0.25, 0.3) is 0 Å². The normalized spacial score (nSPS) is 10.5. The summed E-state index contributed by atoms with van der Waals surface area (Å²) in [6.45, 7) is 3.61. The molecule has 0 aliphatic rings. The van der Waals surface area contributed by atoms with E-state index in [2.05, 4.69) is 45.0 Å². The van der Waals surface area contributed by atoms with Crippen LogP contribution >= 0.6 is 22.6 Å². The van der Waals surface area contributed by atoms with Crippen molar-refractivity contribution in [3.8, 4) is 0 Å². The van der Waals surface area contributed by atoms with Crippen molar-refractivity contribution >= 4 is 34.0 Å². The summed E-state index contributed by atoms with van der Waals surface area (Å²) in [6.07, 6.45) is 1.74. The predicted octanol–water partition coefficient (Wildman–Crippen LogP) is 2.10. The van der Waals surface area contributed by atoms with E-state index in [-0.39, 0.29) is 0 Å². The summed E-state index contributed by atoms with van der Waals surface area (Å²) in [5.41, 5.74) is 7.54. The highest BCUT2D eigenvalue weighted by atomic mass is 127. The van der Waals surface area contributed by atoms with Crippen LogP contribution in [0.4, 0.5) is 11.4 Å². The quantitative estimate of drug-likeness (QED) is 0.659. The molecule has 1 aromatic heterocycles. The highest BCUT2D eigenvalue weighted by Crippen LogP contribution is 2.21. The number of hydrogen-bond donors (Lipinski definition) is 2. The largest absolute Gasteiger partial charge is 0.399 e. The van der Waals surface area contributed by atoms with Gasteiger partial charge in [0.1, 0.15) is 6.33 Å². The number of nitrogen functional groups attached to an aromatic ring is 1. The van der Waals surface area contributed by atoms with Crippen LogP contribution in [0.1, 0.15) is 12.7 Å². The lowest BCUT2D eigenvalue weighted by Gasteiger charge is -2.09. The molecule has 0 saturated heterocycles. The lowest BCUT2D eigenvalue weighted by Crippen LogP contribution is -2.08. The second kappa shape index (κ2) is 5.35. The van der Waals surface area contributed by atoms with Crippen molar-refractivity contribution in [3.05, 3.63) is 33.9 Å². The fourth-order valence-electron chi connectivity index (χ4n) is 1.53. The molecule has 1 heterocycles. The van der Waals surface area contributed by atoms with Crippen molar-refractivity contribution in [3.63, 3.8) is 0 Å². The van der Waals surface area contributed by atoms with Gasteiger partial charge in [-0.2, -0.15) is 0 Å². The standard InChI is InChI=1S/C11H14IN5/c1-2-17-7-15-16-11(17)6-14-10-4-3-8(13)5-9(10)12/h3-5,7,14H,2,6,13H2,1H3. The maximum Gasteiger partial charge on any atom is 0.152 e. The first kappa shape index (κ1) is 12.2. The Balaban J connectivity index is 2.07. The minimum atomic E-state index is 0.660. The van der Waals surface area contributed by atoms with E-state index < -0.39 is 0 Å². The van der Waals surface area contributed by atoms with Crippen molar-refractivity contribution < 1.29 is 0 Å². The molecule has 0 spiro atoms. The van der Waals surface area contributed by atoms with Crippen LogP contribution in [0.15, 0.2) is 24.5 Å². The number of halogens is 1. The topological polar surface area (TPSA) is 68.8 Å². The number of rotatable bonds is 4. The lowest BCUT2D eigenvalue weighted by molar-refractivity contribution is 0.708. The molecule has 1 aromatic carbocycles. The molecule has 0 unspecified atom stereocenters. The average Bonchev–Trinajstić information content (AvgIpc) is 2.75. The van der Waals surface area contributed by atoms with Crippen LogP contribution in [0, 0.1) is 3.57 Å². The molecule has 6 heteroatoms. The van der Waals surface area contributed by atoms with Gasteiger partial charge in [0, 0.05) is 21.5 Å². The van der Waals surface area contributed by atoms with E-state index in [0.29, 0.717) is 6.54 Å². The number of aromatic nitrogens is 3. The molecule has 2 aromatic rings. The molecule has 0 radical (unpaired) electrons. The van der Waals surface area contributed by atoms with E-state index >= 15 is 0 Å². The van der Waals surface area contributed by atoms with Gasteiger partial charge in [-0.3, -0.25) is 0 Å². The van der Waals surface area contributed by atoms with Gasteiger partial charge in [-0.15, -0.1) is 10.2 Å². The molecule has 5 nitrogen and oxygen atoms in total. The highest BCUT2D eigenvalue weighted by Gasteiger charge is 2.04. The third kappa shape index (κ3) is 2.87. The van der Waals surface area contributed by atoms with Gasteiger partial charge < -0.3 is 15.6 Å². The number of nitrogens with two attached hydrogens (primary N) is 1. The van der Waals surface area contributed by atoms with Gasteiger partial charge in [0.05, 0.1) is 6.54 Å². The van der Waals surface area contributed by atoms with Crippen LogP contribution in [-0.4, -0.2) is 14.8 Å². The molecule has 0 bridgehead atoms. The van der Waals surface area contributed by atoms with Crippen LogP contribution in [0.3, 0.4) is 0 Å². The van der Waals surface area contributed by atoms with Crippen molar-refractivity contribution in [2.75, 3.05) is 11.1 Å². The summed E-state index contributed by atoms with van der Waals surface area (Å²) in [7, 11) is 0. The number of aryl methyl sites for hydroxylation is 1. The Hall–Kier alpha value is -1.31. The highest BCUT2D eigenvalue weighted by molar-refractivity contribution is 14.1. The molecule has 0 atom stereocenters. The molecular formula is C11H14IN5. The second-order valence-electron chi connectivity index (χ2n) is 3.63. The van der Waals surface area contributed by atoms with Crippen LogP contribution in [0.5, 0.6) is 0 Å². The van der Waals surface area contributed by atoms with Crippen molar-refractivity contribution in [1.29, 1.82) is 0 Å². The average molecular weight is 343 g/mol. The van der Waals surface area contributed by atoms with E-state index in [1.165, 1.54) is 0 Å². The van der Waals surface area contributed by atoms with Gasteiger partial charge in [-0.25, -0.2) is 0 Å². The summed E-state index contributed by atoms with van der Waals surface area (Å²) < 4.78 is 3.11. The molecular weight excluding hydrogens is 329 g/mol. The molecule has 90 valence electrons. The third-order valence-electron chi connectivity index (χ3n) is 2.47. The Bertz CT molecular complexity index is 508. The Morgan fingerprint density at radius 2 is 2.29 bits per heavy atom. The maximum absolute atomic E-state index is 5.70. The van der Waals surface area contributed by atoms with Crippen LogP contribution in [-0.2, 0) is 13.1 Å². The molecule has 17 heavy (non-hydrogen) atoms. The SMILES string of the molecule is CCn1cnnc1CNc1ccc(N)cc1I. The molecule has 0 aliphatic carbocycles. The number of benzene rings is 1. The van der Waals surface area contributed by atoms with Crippen LogP contribution in [0.2, 0.25) is 0 Å². The van der Waals surface area contributed by atoms with Crippen molar-refractivity contribution in [1.82, 2.24) is 14.8 Å². The van der Waals surface area contributed by atoms with Gasteiger partial charge in [0.15, 0.2) is 5.82 Å². The summed E-state index contributed by atoms with van der Waals surface area (Å²) in [6, 6.07) is 5.80. The van der Waals surface area contributed by atoms with Crippen LogP contribution < -0.4 is 11.1 Å². The number of nitrogens with one attached hydrogen (secondary N) is 1. The minimum absolute atomic E-state index is 0.660. The summed E-state index contributed by atoms with van der Waals surface area (Å²) in [5, 5.41) is 11.3. The fourth-order valence-corrected chi connectivity index (χ4v) is 2.26. The molecule has 0 saturated carbocycles. The van der Waals surface area contributed by atoms with Crippen molar-refractivity contribution in [2.45, 2.75) is 20.0 Å². The number of anilines is 2. The van der Waals surface area contributed by atoms with E-state index in [4.69, 9.17) is 5.73 Å². The first-order chi connectivity index (χ1) is 8.20. The number of nitrogens with zero attached hydrogens (tertiary/aromatic N) is 3. The Morgan fingerprint density at radius 3 is 3.00 bits per heavy atom. The fraction of sp³-hybridized carbons (Fsp3) is 0.273. The minimum Gasteiger partial charge on any atom is -0.399 e. The zero-order chi connectivity index (χ0) is 12.3. The lowest BCUT2D eigenvalue weighted by atomic mass is 10.3.